The molecular formula is C12H11BrN4O2. The minimum absolute atomic E-state index is 0.190. The first-order chi connectivity index (χ1) is 9.19. The molecule has 7 heteroatoms. The molecule has 1 saturated carbocycles. The van der Waals surface area contributed by atoms with E-state index in [-0.39, 0.29) is 5.56 Å². The number of hydrogen-bond acceptors (Lipinski definition) is 5. The third-order valence-corrected chi connectivity index (χ3v) is 3.71. The van der Waals surface area contributed by atoms with Crippen LogP contribution in [0.1, 0.15) is 24.5 Å². The Morgan fingerprint density at radius 2 is 2.16 bits per heavy atom. The number of aromatic amines is 1. The molecule has 0 amide bonds. The van der Waals surface area contributed by atoms with Gasteiger partial charge in [0.1, 0.15) is 10.2 Å². The van der Waals surface area contributed by atoms with Gasteiger partial charge in [-0.1, -0.05) is 0 Å². The second-order valence-electron chi connectivity index (χ2n) is 4.35. The van der Waals surface area contributed by atoms with E-state index in [1.807, 2.05) is 0 Å². The maximum absolute atomic E-state index is 11.9. The predicted molar refractivity (Wildman–Crippen MR) is 72.1 cm³/mol. The van der Waals surface area contributed by atoms with Crippen LogP contribution in [0.2, 0.25) is 0 Å². The number of hydrogen-bond donors (Lipinski definition) is 1. The van der Waals surface area contributed by atoms with E-state index in [4.69, 9.17) is 4.74 Å². The summed E-state index contributed by atoms with van der Waals surface area (Å²) in [5.41, 5.74) is 1.13. The summed E-state index contributed by atoms with van der Waals surface area (Å²) >= 11 is 3.29. The summed E-state index contributed by atoms with van der Waals surface area (Å²) in [5.74, 6) is 1.23. The van der Waals surface area contributed by atoms with E-state index in [2.05, 4.69) is 36.1 Å². The van der Waals surface area contributed by atoms with Crippen molar-refractivity contribution in [2.24, 2.45) is 0 Å². The predicted octanol–water partition coefficient (Wildman–Crippen LogP) is 1.88. The lowest BCUT2D eigenvalue weighted by Crippen LogP contribution is -2.13. The maximum Gasteiger partial charge on any atom is 0.265 e. The second kappa shape index (κ2) is 4.73. The topological polar surface area (TPSA) is 80.8 Å². The van der Waals surface area contributed by atoms with Crippen molar-refractivity contribution in [1.29, 1.82) is 0 Å². The fourth-order valence-corrected chi connectivity index (χ4v) is 2.29. The van der Waals surface area contributed by atoms with Crippen LogP contribution in [0.4, 0.5) is 0 Å². The second-order valence-corrected chi connectivity index (χ2v) is 5.14. The van der Waals surface area contributed by atoms with E-state index in [1.165, 1.54) is 7.11 Å². The van der Waals surface area contributed by atoms with E-state index in [0.717, 1.165) is 18.5 Å². The van der Waals surface area contributed by atoms with Gasteiger partial charge in [-0.05, 0) is 34.8 Å². The Hall–Kier alpha value is -1.76. The summed E-state index contributed by atoms with van der Waals surface area (Å²) in [7, 11) is 1.52. The maximum atomic E-state index is 11.9. The number of halogens is 1. The molecule has 0 radical (unpaired) electrons. The van der Waals surface area contributed by atoms with E-state index in [0.29, 0.717) is 27.8 Å². The summed E-state index contributed by atoms with van der Waals surface area (Å²) < 4.78 is 5.46. The number of ether oxygens (including phenoxy) is 1. The van der Waals surface area contributed by atoms with Crippen LogP contribution in [-0.2, 0) is 0 Å². The molecule has 0 atom stereocenters. The Morgan fingerprint density at radius 1 is 1.37 bits per heavy atom. The molecule has 3 rings (SSSR count). The normalized spacial score (nSPS) is 14.4. The largest absolute Gasteiger partial charge is 0.480 e. The van der Waals surface area contributed by atoms with Crippen molar-refractivity contribution in [3.63, 3.8) is 0 Å². The summed E-state index contributed by atoms with van der Waals surface area (Å²) in [6.07, 6.45) is 2.14. The van der Waals surface area contributed by atoms with Crippen LogP contribution < -0.4 is 10.3 Å². The van der Waals surface area contributed by atoms with Crippen molar-refractivity contribution in [1.82, 2.24) is 20.2 Å². The number of aromatic nitrogens is 4. The quantitative estimate of drug-likeness (QED) is 0.933. The monoisotopic (exact) mass is 322 g/mol. The van der Waals surface area contributed by atoms with Crippen LogP contribution >= 0.6 is 15.9 Å². The van der Waals surface area contributed by atoms with E-state index >= 15 is 0 Å². The van der Waals surface area contributed by atoms with Crippen molar-refractivity contribution in [3.8, 4) is 17.4 Å². The highest BCUT2D eigenvalue weighted by Crippen LogP contribution is 2.41. The average Bonchev–Trinajstić information content (AvgIpc) is 3.26. The molecule has 2 heterocycles. The Morgan fingerprint density at radius 3 is 2.74 bits per heavy atom. The van der Waals surface area contributed by atoms with Gasteiger partial charge in [0.2, 0.25) is 5.88 Å². The van der Waals surface area contributed by atoms with Crippen LogP contribution in [0.15, 0.2) is 21.4 Å². The molecule has 0 unspecified atom stereocenters. The molecule has 0 bridgehead atoms. The van der Waals surface area contributed by atoms with Gasteiger partial charge in [-0.2, -0.15) is 0 Å². The average molecular weight is 323 g/mol. The van der Waals surface area contributed by atoms with Gasteiger partial charge in [0.05, 0.1) is 12.8 Å². The first kappa shape index (κ1) is 12.3. The highest BCUT2D eigenvalue weighted by Gasteiger charge is 2.29. The standard InChI is InChI=1S/C12H11BrN4O2/c1-19-8-5-4-7(16-17-8)11-14-10(6-2-3-6)9(13)12(18)15-11/h4-6H,2-3H2,1H3,(H,14,15,18). The lowest BCUT2D eigenvalue weighted by molar-refractivity contribution is 0.392. The lowest BCUT2D eigenvalue weighted by atomic mass is 10.2. The molecule has 98 valence electrons. The molecule has 2 aromatic rings. The number of nitrogens with one attached hydrogen (secondary N) is 1. The number of methoxy groups -OCH3 is 1. The summed E-state index contributed by atoms with van der Waals surface area (Å²) in [6, 6.07) is 3.40. The van der Waals surface area contributed by atoms with Crippen LogP contribution in [0, 0.1) is 0 Å². The SMILES string of the molecule is COc1ccc(-c2nc(C3CC3)c(Br)c(=O)[nH]2)nn1. The van der Waals surface area contributed by atoms with Gasteiger partial charge in [0.15, 0.2) is 5.82 Å². The summed E-state index contributed by atoms with van der Waals surface area (Å²) in [6.45, 7) is 0. The Kier molecular flexibility index (Phi) is 3.06. The van der Waals surface area contributed by atoms with E-state index in [9.17, 15) is 4.79 Å². The van der Waals surface area contributed by atoms with Crippen molar-refractivity contribution in [3.05, 3.63) is 32.7 Å². The van der Waals surface area contributed by atoms with Crippen LogP contribution in [0.5, 0.6) is 5.88 Å². The molecular weight excluding hydrogens is 312 g/mol. The molecule has 1 aliphatic carbocycles. The van der Waals surface area contributed by atoms with E-state index < -0.39 is 0 Å². The summed E-state index contributed by atoms with van der Waals surface area (Å²) in [5, 5.41) is 7.86. The Labute approximate surface area is 117 Å². The lowest BCUT2D eigenvalue weighted by Gasteiger charge is -2.05. The van der Waals surface area contributed by atoms with Gasteiger partial charge in [-0.25, -0.2) is 4.98 Å². The zero-order valence-electron chi connectivity index (χ0n) is 10.2. The molecule has 6 nitrogen and oxygen atoms in total. The third-order valence-electron chi connectivity index (χ3n) is 2.94. The van der Waals surface area contributed by atoms with Crippen molar-refractivity contribution < 1.29 is 4.74 Å². The first-order valence-corrected chi connectivity index (χ1v) is 6.66. The van der Waals surface area contributed by atoms with Gasteiger partial charge >= 0.3 is 0 Å². The molecule has 1 fully saturated rings. The van der Waals surface area contributed by atoms with Crippen LogP contribution in [-0.4, -0.2) is 27.3 Å². The molecule has 1 N–H and O–H groups in total. The van der Waals surface area contributed by atoms with Crippen molar-refractivity contribution in [2.75, 3.05) is 7.11 Å². The fraction of sp³-hybridized carbons (Fsp3) is 0.333. The number of nitrogens with zero attached hydrogens (tertiary/aromatic N) is 3. The highest BCUT2D eigenvalue weighted by molar-refractivity contribution is 9.10. The first-order valence-electron chi connectivity index (χ1n) is 5.87. The minimum atomic E-state index is -0.190. The van der Waals surface area contributed by atoms with Crippen LogP contribution in [0.25, 0.3) is 11.5 Å². The van der Waals surface area contributed by atoms with Gasteiger partial charge in [0.25, 0.3) is 5.56 Å². The Bertz CT molecular complexity index is 664. The number of H-pyrrole nitrogens is 1. The van der Waals surface area contributed by atoms with Gasteiger partial charge in [-0.3, -0.25) is 4.79 Å². The fourth-order valence-electron chi connectivity index (χ4n) is 1.78. The van der Waals surface area contributed by atoms with Gasteiger partial charge in [-0.15, -0.1) is 10.2 Å². The Balaban J connectivity index is 2.06. The molecule has 1 aliphatic rings. The van der Waals surface area contributed by atoms with Crippen molar-refractivity contribution >= 4 is 15.9 Å². The smallest absolute Gasteiger partial charge is 0.265 e. The zero-order valence-corrected chi connectivity index (χ0v) is 11.8. The molecule has 0 spiro atoms. The van der Waals surface area contributed by atoms with Crippen molar-refractivity contribution in [2.45, 2.75) is 18.8 Å². The number of rotatable bonds is 3. The van der Waals surface area contributed by atoms with Gasteiger partial charge in [0, 0.05) is 12.0 Å². The minimum Gasteiger partial charge on any atom is -0.480 e. The molecule has 0 saturated heterocycles. The van der Waals surface area contributed by atoms with Crippen LogP contribution in [0.3, 0.4) is 0 Å². The summed E-state index contributed by atoms with van der Waals surface area (Å²) in [4.78, 5) is 19.0. The molecule has 2 aromatic heterocycles. The molecule has 0 aliphatic heterocycles. The molecule has 19 heavy (non-hydrogen) atoms. The van der Waals surface area contributed by atoms with Gasteiger partial charge < -0.3 is 9.72 Å². The molecule has 0 aromatic carbocycles. The third kappa shape index (κ3) is 2.37. The van der Waals surface area contributed by atoms with E-state index in [1.54, 1.807) is 12.1 Å². The highest BCUT2D eigenvalue weighted by atomic mass is 79.9. The zero-order chi connectivity index (χ0) is 13.4.